The highest BCUT2D eigenvalue weighted by molar-refractivity contribution is 6.07. The van der Waals surface area contributed by atoms with Gasteiger partial charge in [0.25, 0.3) is 0 Å². The lowest BCUT2D eigenvalue weighted by Gasteiger charge is -2.29. The molecule has 4 nitrogen and oxygen atoms in total. The van der Waals surface area contributed by atoms with E-state index in [1.54, 1.807) is 0 Å². The molecule has 0 aromatic heterocycles. The molecule has 19 heavy (non-hydrogen) atoms. The first-order chi connectivity index (χ1) is 9.14. The zero-order valence-corrected chi connectivity index (χ0v) is 10.7. The number of rotatable bonds is 4. The topological polar surface area (TPSA) is 57.6 Å². The van der Waals surface area contributed by atoms with E-state index in [9.17, 15) is 9.59 Å². The van der Waals surface area contributed by atoms with Crippen LogP contribution in [0.3, 0.4) is 0 Å². The van der Waals surface area contributed by atoms with Crippen LogP contribution in [0.1, 0.15) is 12.8 Å². The fourth-order valence-electron chi connectivity index (χ4n) is 3.96. The maximum atomic E-state index is 12.5. The lowest BCUT2D eigenvalue weighted by molar-refractivity contribution is -0.137. The highest BCUT2D eigenvalue weighted by Gasteiger charge is 2.65. The molecule has 1 aliphatic heterocycles. The zero-order chi connectivity index (χ0) is 13.6. The number of fused-ring (bicyclic) bond motifs is 5. The van der Waals surface area contributed by atoms with Crippen molar-refractivity contribution in [2.24, 2.45) is 23.2 Å². The lowest BCUT2D eigenvalue weighted by atomic mass is 9.73. The molecule has 4 heteroatoms. The van der Waals surface area contributed by atoms with Crippen LogP contribution in [0.2, 0.25) is 0 Å². The van der Waals surface area contributed by atoms with Crippen LogP contribution < -0.4 is 0 Å². The molecule has 1 N–H and O–H groups in total. The molecule has 1 saturated heterocycles. The van der Waals surface area contributed by atoms with Crippen LogP contribution in [0.5, 0.6) is 0 Å². The van der Waals surface area contributed by atoms with E-state index in [4.69, 9.17) is 5.11 Å². The van der Waals surface area contributed by atoms with Crippen molar-refractivity contribution in [1.82, 2.24) is 4.90 Å². The Bertz CT molecular complexity index is 508. The third-order valence-electron chi connectivity index (χ3n) is 4.64. The summed E-state index contributed by atoms with van der Waals surface area (Å²) in [4.78, 5) is 26.0. The average Bonchev–Trinajstić information content (AvgIpc) is 3.00. The van der Waals surface area contributed by atoms with Crippen molar-refractivity contribution in [3.05, 3.63) is 37.1 Å². The molecule has 0 radical (unpaired) electrons. The van der Waals surface area contributed by atoms with Crippen molar-refractivity contribution in [1.29, 1.82) is 0 Å². The Kier molecular flexibility index (Phi) is 2.71. The maximum Gasteiger partial charge on any atom is 0.238 e. The van der Waals surface area contributed by atoms with E-state index in [1.807, 2.05) is 6.08 Å². The predicted molar refractivity (Wildman–Crippen MR) is 69.6 cm³/mol. The third kappa shape index (κ3) is 1.49. The Hall–Kier alpha value is -1.68. The molecule has 0 spiro atoms. The van der Waals surface area contributed by atoms with E-state index in [0.717, 1.165) is 12.8 Å². The summed E-state index contributed by atoms with van der Waals surface area (Å²) in [5.41, 5.74) is -0.217. The fraction of sp³-hybridized carbons (Fsp3) is 0.467. The second-order valence-electron chi connectivity index (χ2n) is 5.57. The first-order valence-corrected chi connectivity index (χ1v) is 6.59. The molecule has 2 bridgehead atoms. The van der Waals surface area contributed by atoms with Crippen LogP contribution in [-0.2, 0) is 9.59 Å². The van der Waals surface area contributed by atoms with Crippen LogP contribution in [0, 0.1) is 23.2 Å². The van der Waals surface area contributed by atoms with Gasteiger partial charge in [-0.25, -0.2) is 0 Å². The first kappa shape index (κ1) is 12.4. The van der Waals surface area contributed by atoms with Gasteiger partial charge in [-0.15, -0.1) is 6.58 Å². The molecule has 100 valence electrons. The van der Waals surface area contributed by atoms with Crippen LogP contribution in [-0.4, -0.2) is 28.4 Å². The van der Waals surface area contributed by atoms with Gasteiger partial charge in [-0.1, -0.05) is 18.2 Å². The molecule has 3 aliphatic rings. The Morgan fingerprint density at radius 3 is 2.95 bits per heavy atom. The van der Waals surface area contributed by atoms with E-state index < -0.39 is 0 Å². The van der Waals surface area contributed by atoms with Crippen LogP contribution in [0.15, 0.2) is 37.1 Å². The minimum atomic E-state index is -0.253. The number of aliphatic hydroxyl groups is 1. The predicted octanol–water partition coefficient (Wildman–Crippen LogP) is 1.25. The molecule has 4 unspecified atom stereocenters. The summed E-state index contributed by atoms with van der Waals surface area (Å²) in [7, 11) is 0. The van der Waals surface area contributed by atoms with Gasteiger partial charge in [-0.2, -0.15) is 0 Å². The molecular formula is C15H17NO3. The number of imide groups is 1. The minimum Gasteiger partial charge on any atom is -0.392 e. The molecule has 2 aliphatic carbocycles. The number of aliphatic hydroxyl groups excluding tert-OH is 1. The molecule has 3 rings (SSSR count). The Morgan fingerprint density at radius 2 is 2.26 bits per heavy atom. The number of carbonyl (C=O) groups excluding carboxylic acids is 2. The molecule has 0 aromatic rings. The summed E-state index contributed by atoms with van der Waals surface area (Å²) in [5, 5.41) is 8.79. The number of amides is 2. The van der Waals surface area contributed by atoms with Gasteiger partial charge in [0.1, 0.15) is 0 Å². The second-order valence-corrected chi connectivity index (χ2v) is 5.57. The molecule has 2 fully saturated rings. The highest BCUT2D eigenvalue weighted by Crippen LogP contribution is 2.61. The van der Waals surface area contributed by atoms with Gasteiger partial charge >= 0.3 is 0 Å². The molecule has 2 amide bonds. The number of likely N-dealkylation sites (tertiary alicyclic amines) is 1. The van der Waals surface area contributed by atoms with Crippen molar-refractivity contribution in [3.63, 3.8) is 0 Å². The van der Waals surface area contributed by atoms with Gasteiger partial charge in [0.2, 0.25) is 11.8 Å². The summed E-state index contributed by atoms with van der Waals surface area (Å²) in [6, 6.07) is 0. The summed E-state index contributed by atoms with van der Waals surface area (Å²) < 4.78 is 0. The third-order valence-corrected chi connectivity index (χ3v) is 4.64. The number of nitrogens with zero attached hydrogens (tertiary/aromatic N) is 1. The van der Waals surface area contributed by atoms with E-state index in [-0.39, 0.29) is 41.6 Å². The summed E-state index contributed by atoms with van der Waals surface area (Å²) in [6.45, 7) is 3.60. The molecule has 4 atom stereocenters. The van der Waals surface area contributed by atoms with Crippen molar-refractivity contribution in [3.8, 4) is 0 Å². The SMILES string of the molecule is C=CCC12C=CC(C1)C1C(=O)N(C=CCO)C(=O)C12. The van der Waals surface area contributed by atoms with Crippen LogP contribution in [0.25, 0.3) is 0 Å². The average molecular weight is 259 g/mol. The van der Waals surface area contributed by atoms with E-state index in [2.05, 4.69) is 18.7 Å². The Morgan fingerprint density at radius 1 is 1.47 bits per heavy atom. The number of carbonyl (C=O) groups is 2. The van der Waals surface area contributed by atoms with E-state index in [0.29, 0.717) is 0 Å². The smallest absolute Gasteiger partial charge is 0.238 e. The monoisotopic (exact) mass is 259 g/mol. The minimum absolute atomic E-state index is 0.125. The van der Waals surface area contributed by atoms with Crippen molar-refractivity contribution in [2.45, 2.75) is 12.8 Å². The summed E-state index contributed by atoms with van der Waals surface area (Å²) in [5.74, 6) is -0.556. The maximum absolute atomic E-state index is 12.5. The van der Waals surface area contributed by atoms with Gasteiger partial charge in [-0.3, -0.25) is 14.5 Å². The molecule has 1 saturated carbocycles. The molecule has 0 aromatic carbocycles. The summed E-state index contributed by atoms with van der Waals surface area (Å²) >= 11 is 0. The largest absolute Gasteiger partial charge is 0.392 e. The molecule has 1 heterocycles. The van der Waals surface area contributed by atoms with Gasteiger partial charge in [0.05, 0.1) is 18.4 Å². The Balaban J connectivity index is 1.97. The number of hydrogen-bond acceptors (Lipinski definition) is 3. The van der Waals surface area contributed by atoms with Crippen LogP contribution >= 0.6 is 0 Å². The number of hydrogen-bond donors (Lipinski definition) is 1. The normalized spacial score (nSPS) is 39.6. The fourth-order valence-corrected chi connectivity index (χ4v) is 3.96. The Labute approximate surface area is 112 Å². The van der Waals surface area contributed by atoms with Gasteiger partial charge in [0, 0.05) is 11.6 Å². The standard InChI is InChI=1S/C15H17NO3/c1-2-5-15-6-4-10(9-15)11-12(15)14(19)16(13(11)18)7-3-8-17/h2-4,6-7,10-12,17H,1,5,8-9H2. The van der Waals surface area contributed by atoms with E-state index in [1.165, 1.54) is 17.2 Å². The summed E-state index contributed by atoms with van der Waals surface area (Å²) in [6.07, 6.45) is 10.5. The first-order valence-electron chi connectivity index (χ1n) is 6.59. The van der Waals surface area contributed by atoms with E-state index >= 15 is 0 Å². The van der Waals surface area contributed by atoms with Crippen molar-refractivity contribution >= 4 is 11.8 Å². The van der Waals surface area contributed by atoms with Crippen molar-refractivity contribution in [2.75, 3.05) is 6.61 Å². The van der Waals surface area contributed by atoms with Crippen molar-refractivity contribution < 1.29 is 14.7 Å². The molecular weight excluding hydrogens is 242 g/mol. The zero-order valence-electron chi connectivity index (χ0n) is 10.7. The quantitative estimate of drug-likeness (QED) is 0.610. The highest BCUT2D eigenvalue weighted by atomic mass is 16.2. The lowest BCUT2D eigenvalue weighted by Crippen LogP contribution is -2.32. The van der Waals surface area contributed by atoms with Gasteiger partial charge < -0.3 is 5.11 Å². The second kappa shape index (κ2) is 4.17. The van der Waals surface area contributed by atoms with Crippen LogP contribution in [0.4, 0.5) is 0 Å². The van der Waals surface area contributed by atoms with Gasteiger partial charge in [-0.05, 0) is 24.8 Å². The number of allylic oxidation sites excluding steroid dienone is 3. The van der Waals surface area contributed by atoms with Gasteiger partial charge in [0.15, 0.2) is 0 Å².